The summed E-state index contributed by atoms with van der Waals surface area (Å²) >= 11 is 0. The predicted octanol–water partition coefficient (Wildman–Crippen LogP) is 5.09. The van der Waals surface area contributed by atoms with Crippen LogP contribution in [0, 0.1) is 11.7 Å². The van der Waals surface area contributed by atoms with Crippen molar-refractivity contribution in [3.8, 4) is 0 Å². The van der Waals surface area contributed by atoms with Gasteiger partial charge in [0.2, 0.25) is 0 Å². The Balaban J connectivity index is 1.78. The van der Waals surface area contributed by atoms with E-state index in [-0.39, 0.29) is 17.8 Å². The number of hydrogen-bond donors (Lipinski definition) is 0. The number of amides is 1. The number of carbonyl (C=O) groups is 1. The van der Waals surface area contributed by atoms with Crippen LogP contribution in [0.15, 0.2) is 54.6 Å². The second-order valence-electron chi connectivity index (χ2n) is 7.72. The zero-order chi connectivity index (χ0) is 19.0. The number of nitrogens with zero attached hydrogens (tertiary/aromatic N) is 2. The van der Waals surface area contributed by atoms with Gasteiger partial charge in [-0.15, -0.1) is 0 Å². The van der Waals surface area contributed by atoms with Crippen LogP contribution in [0.2, 0.25) is 0 Å². The van der Waals surface area contributed by atoms with Gasteiger partial charge >= 0.3 is 0 Å². The van der Waals surface area contributed by atoms with Gasteiger partial charge < -0.3 is 9.47 Å². The van der Waals surface area contributed by atoms with Gasteiger partial charge in [-0.25, -0.2) is 4.39 Å². The average molecular weight is 364 g/mol. The molecule has 4 heteroatoms. The Morgan fingerprint density at radius 2 is 1.89 bits per heavy atom. The SMILES string of the molecule is CC(C)[C@H]1CCCN1C(=O)c1cc2ccccc2n1Cc1ccccc1F. The summed E-state index contributed by atoms with van der Waals surface area (Å²) in [6, 6.07) is 16.9. The number of hydrogen-bond acceptors (Lipinski definition) is 1. The monoisotopic (exact) mass is 364 g/mol. The number of halogens is 1. The topological polar surface area (TPSA) is 25.2 Å². The second kappa shape index (κ2) is 7.18. The first-order valence-corrected chi connectivity index (χ1v) is 9.69. The quantitative estimate of drug-likeness (QED) is 0.633. The molecule has 1 aliphatic rings. The van der Waals surface area contributed by atoms with Crippen molar-refractivity contribution in [3.05, 3.63) is 71.7 Å². The lowest BCUT2D eigenvalue weighted by Crippen LogP contribution is -2.39. The summed E-state index contributed by atoms with van der Waals surface area (Å²) in [5.74, 6) is 0.245. The lowest BCUT2D eigenvalue weighted by molar-refractivity contribution is 0.0691. The molecule has 4 rings (SSSR count). The molecule has 1 fully saturated rings. The molecule has 0 N–H and O–H groups in total. The second-order valence-corrected chi connectivity index (χ2v) is 7.72. The zero-order valence-electron chi connectivity index (χ0n) is 15.9. The Bertz CT molecular complexity index is 975. The Morgan fingerprint density at radius 3 is 2.67 bits per heavy atom. The van der Waals surface area contributed by atoms with E-state index in [0.29, 0.717) is 23.7 Å². The van der Waals surface area contributed by atoms with E-state index in [9.17, 15) is 9.18 Å². The van der Waals surface area contributed by atoms with E-state index in [0.717, 1.165) is 30.3 Å². The minimum Gasteiger partial charge on any atom is -0.334 e. The van der Waals surface area contributed by atoms with Gasteiger partial charge in [-0.05, 0) is 37.0 Å². The summed E-state index contributed by atoms with van der Waals surface area (Å²) in [5, 5.41) is 1.01. The molecule has 0 saturated carbocycles. The molecular formula is C23H25FN2O. The largest absolute Gasteiger partial charge is 0.334 e. The molecular weight excluding hydrogens is 339 g/mol. The van der Waals surface area contributed by atoms with Gasteiger partial charge in [0, 0.05) is 29.1 Å². The Morgan fingerprint density at radius 1 is 1.15 bits per heavy atom. The lowest BCUT2D eigenvalue weighted by Gasteiger charge is -2.28. The third-order valence-electron chi connectivity index (χ3n) is 5.65. The molecule has 2 heterocycles. The van der Waals surface area contributed by atoms with Crippen LogP contribution in [-0.2, 0) is 6.54 Å². The highest BCUT2D eigenvalue weighted by atomic mass is 19.1. The van der Waals surface area contributed by atoms with E-state index in [1.807, 2.05) is 45.9 Å². The molecule has 1 aliphatic heterocycles. The standard InChI is InChI=1S/C23H25FN2O/c1-16(2)20-12-7-13-25(20)23(27)22-14-17-8-4-6-11-21(17)26(22)15-18-9-3-5-10-19(18)24/h3-6,8-11,14,16,20H,7,12-13,15H2,1-2H3/t20-/m1/s1. The number of fused-ring (bicyclic) bond motifs is 1. The minimum absolute atomic E-state index is 0.0544. The van der Waals surface area contributed by atoms with Crippen LogP contribution in [0.1, 0.15) is 42.7 Å². The number of benzene rings is 2. The molecule has 1 atom stereocenters. The third-order valence-corrected chi connectivity index (χ3v) is 5.65. The summed E-state index contributed by atoms with van der Waals surface area (Å²) in [5.41, 5.74) is 2.20. The van der Waals surface area contributed by atoms with E-state index >= 15 is 0 Å². The summed E-state index contributed by atoms with van der Waals surface area (Å²) in [7, 11) is 0. The normalized spacial score (nSPS) is 17.2. The van der Waals surface area contributed by atoms with Gasteiger partial charge in [0.15, 0.2) is 0 Å². The first kappa shape index (κ1) is 17.8. The smallest absolute Gasteiger partial charge is 0.270 e. The van der Waals surface area contributed by atoms with E-state index in [2.05, 4.69) is 13.8 Å². The van der Waals surface area contributed by atoms with E-state index in [1.54, 1.807) is 12.1 Å². The number of aromatic nitrogens is 1. The molecule has 0 aliphatic carbocycles. The maximum atomic E-state index is 14.3. The average Bonchev–Trinajstić information content (AvgIpc) is 3.29. The third kappa shape index (κ3) is 3.25. The molecule has 0 bridgehead atoms. The first-order valence-electron chi connectivity index (χ1n) is 9.69. The fraction of sp³-hybridized carbons (Fsp3) is 0.348. The molecule has 2 aromatic carbocycles. The van der Waals surface area contributed by atoms with Crippen LogP contribution in [-0.4, -0.2) is 28.0 Å². The molecule has 1 saturated heterocycles. The predicted molar refractivity (Wildman–Crippen MR) is 106 cm³/mol. The van der Waals surface area contributed by atoms with Crippen LogP contribution in [0.5, 0.6) is 0 Å². The van der Waals surface area contributed by atoms with Crippen molar-refractivity contribution in [2.75, 3.05) is 6.54 Å². The first-order chi connectivity index (χ1) is 13.1. The Labute approximate surface area is 159 Å². The number of para-hydroxylation sites is 1. The Hall–Kier alpha value is -2.62. The molecule has 140 valence electrons. The van der Waals surface area contributed by atoms with Gasteiger partial charge in [-0.2, -0.15) is 0 Å². The highest BCUT2D eigenvalue weighted by Gasteiger charge is 2.33. The van der Waals surface area contributed by atoms with Crippen LogP contribution in [0.4, 0.5) is 4.39 Å². The van der Waals surface area contributed by atoms with Gasteiger partial charge in [-0.1, -0.05) is 50.2 Å². The molecule has 3 aromatic rings. The fourth-order valence-electron chi connectivity index (χ4n) is 4.24. The maximum Gasteiger partial charge on any atom is 0.270 e. The van der Waals surface area contributed by atoms with Gasteiger partial charge in [0.05, 0.1) is 6.54 Å². The molecule has 27 heavy (non-hydrogen) atoms. The van der Waals surface area contributed by atoms with Crippen molar-refractivity contribution in [2.24, 2.45) is 5.92 Å². The molecule has 1 amide bonds. The van der Waals surface area contributed by atoms with Gasteiger partial charge in [0.25, 0.3) is 5.91 Å². The van der Waals surface area contributed by atoms with E-state index in [4.69, 9.17) is 0 Å². The fourth-order valence-corrected chi connectivity index (χ4v) is 4.24. The van der Waals surface area contributed by atoms with E-state index in [1.165, 1.54) is 6.07 Å². The summed E-state index contributed by atoms with van der Waals surface area (Å²) in [4.78, 5) is 15.4. The lowest BCUT2D eigenvalue weighted by atomic mass is 10.0. The number of likely N-dealkylation sites (tertiary alicyclic amines) is 1. The van der Waals surface area contributed by atoms with Gasteiger partial charge in [0.1, 0.15) is 11.5 Å². The van der Waals surface area contributed by atoms with Crippen molar-refractivity contribution in [3.63, 3.8) is 0 Å². The summed E-state index contributed by atoms with van der Waals surface area (Å²) < 4.78 is 16.2. The number of carbonyl (C=O) groups excluding carboxylic acids is 1. The van der Waals surface area contributed by atoms with Crippen LogP contribution in [0.3, 0.4) is 0 Å². The van der Waals surface area contributed by atoms with Crippen LogP contribution < -0.4 is 0 Å². The number of rotatable bonds is 4. The van der Waals surface area contributed by atoms with E-state index < -0.39 is 0 Å². The molecule has 3 nitrogen and oxygen atoms in total. The minimum atomic E-state index is -0.241. The van der Waals surface area contributed by atoms with Crippen molar-refractivity contribution in [2.45, 2.75) is 39.3 Å². The van der Waals surface area contributed by atoms with Crippen molar-refractivity contribution in [1.82, 2.24) is 9.47 Å². The molecule has 0 unspecified atom stereocenters. The summed E-state index contributed by atoms with van der Waals surface area (Å²) in [6.45, 7) is 5.49. The Kier molecular flexibility index (Phi) is 4.73. The van der Waals surface area contributed by atoms with Crippen LogP contribution in [0.25, 0.3) is 10.9 Å². The molecule has 0 spiro atoms. The van der Waals surface area contributed by atoms with Crippen molar-refractivity contribution in [1.29, 1.82) is 0 Å². The van der Waals surface area contributed by atoms with Crippen LogP contribution >= 0.6 is 0 Å². The summed E-state index contributed by atoms with van der Waals surface area (Å²) in [6.07, 6.45) is 2.10. The molecule has 0 radical (unpaired) electrons. The van der Waals surface area contributed by atoms with Crippen molar-refractivity contribution < 1.29 is 9.18 Å². The maximum absolute atomic E-state index is 14.3. The highest BCUT2D eigenvalue weighted by Crippen LogP contribution is 2.28. The molecule has 1 aromatic heterocycles. The zero-order valence-corrected chi connectivity index (χ0v) is 15.9. The van der Waals surface area contributed by atoms with Gasteiger partial charge in [-0.3, -0.25) is 4.79 Å². The highest BCUT2D eigenvalue weighted by molar-refractivity contribution is 5.99. The van der Waals surface area contributed by atoms with Crippen molar-refractivity contribution >= 4 is 16.8 Å².